The molecule has 0 spiro atoms. The van der Waals surface area contributed by atoms with Crippen LogP contribution in [0.3, 0.4) is 0 Å². The fourth-order valence-electron chi connectivity index (χ4n) is 3.67. The summed E-state index contributed by atoms with van der Waals surface area (Å²) in [5.74, 6) is -3.04. The Morgan fingerprint density at radius 1 is 0.968 bits per heavy atom. The van der Waals surface area contributed by atoms with Crippen molar-refractivity contribution in [2.75, 3.05) is 4.90 Å². The summed E-state index contributed by atoms with van der Waals surface area (Å²) < 4.78 is 13.7. The number of carbonyl (C=O) groups is 2. The van der Waals surface area contributed by atoms with E-state index in [1.165, 1.54) is 61.5 Å². The van der Waals surface area contributed by atoms with Gasteiger partial charge < -0.3 is 15.3 Å². The number of aryl methyl sites for hydroxylation is 1. The zero-order valence-electron chi connectivity index (χ0n) is 16.4. The molecule has 3 aromatic carbocycles. The molecule has 3 aromatic rings. The van der Waals surface area contributed by atoms with Crippen LogP contribution < -0.4 is 4.90 Å². The predicted molar refractivity (Wildman–Crippen MR) is 112 cm³/mol. The first kappa shape index (κ1) is 20.2. The number of amides is 1. The molecule has 1 atom stereocenters. The Bertz CT molecular complexity index is 1230. The molecule has 6 nitrogen and oxygen atoms in total. The van der Waals surface area contributed by atoms with Crippen LogP contribution in [0.15, 0.2) is 72.3 Å². The largest absolute Gasteiger partial charge is 0.508 e. The molecule has 1 fully saturated rings. The number of phenols is 2. The highest BCUT2D eigenvalue weighted by Crippen LogP contribution is 2.44. The van der Waals surface area contributed by atoms with E-state index in [-0.39, 0.29) is 33.9 Å². The lowest BCUT2D eigenvalue weighted by Crippen LogP contribution is -2.29. The Hall–Kier alpha value is -4.13. The average Bonchev–Trinajstić information content (AvgIpc) is 3.01. The van der Waals surface area contributed by atoms with Gasteiger partial charge in [-0.1, -0.05) is 24.3 Å². The normalized spacial score (nSPS) is 17.9. The van der Waals surface area contributed by atoms with Gasteiger partial charge in [0.2, 0.25) is 0 Å². The molecule has 1 unspecified atom stereocenters. The van der Waals surface area contributed by atoms with Gasteiger partial charge in [-0.2, -0.15) is 0 Å². The van der Waals surface area contributed by atoms with E-state index in [0.29, 0.717) is 5.56 Å². The summed E-state index contributed by atoms with van der Waals surface area (Å²) in [4.78, 5) is 27.1. The first-order valence-corrected chi connectivity index (χ1v) is 9.44. The van der Waals surface area contributed by atoms with Crippen molar-refractivity contribution in [1.29, 1.82) is 0 Å². The van der Waals surface area contributed by atoms with E-state index < -0.39 is 29.3 Å². The quantitative estimate of drug-likeness (QED) is 0.336. The second-order valence-electron chi connectivity index (χ2n) is 7.21. The minimum atomic E-state index is -1.07. The maximum Gasteiger partial charge on any atom is 0.300 e. The number of hydrogen-bond donors (Lipinski definition) is 3. The van der Waals surface area contributed by atoms with E-state index in [0.717, 1.165) is 4.90 Å². The van der Waals surface area contributed by atoms with Gasteiger partial charge in [0.25, 0.3) is 11.7 Å². The Morgan fingerprint density at radius 2 is 1.65 bits per heavy atom. The predicted octanol–water partition coefficient (Wildman–Crippen LogP) is 4.17. The smallest absolute Gasteiger partial charge is 0.300 e. The number of carbonyl (C=O) groups excluding carboxylic acids is 2. The number of phenolic OH excluding ortho intramolecular Hbond substituents is 2. The number of ketones is 1. The highest BCUT2D eigenvalue weighted by atomic mass is 19.1. The van der Waals surface area contributed by atoms with Crippen LogP contribution in [-0.2, 0) is 9.59 Å². The van der Waals surface area contributed by atoms with Crippen LogP contribution in [0.2, 0.25) is 0 Å². The van der Waals surface area contributed by atoms with E-state index in [1.807, 2.05) is 0 Å². The van der Waals surface area contributed by atoms with Gasteiger partial charge in [-0.05, 0) is 60.5 Å². The number of benzene rings is 3. The van der Waals surface area contributed by atoms with Gasteiger partial charge in [0.1, 0.15) is 23.1 Å². The van der Waals surface area contributed by atoms with Crippen LogP contribution in [0.4, 0.5) is 10.1 Å². The van der Waals surface area contributed by atoms with Crippen LogP contribution in [0.25, 0.3) is 5.76 Å². The highest BCUT2D eigenvalue weighted by molar-refractivity contribution is 6.51. The Morgan fingerprint density at radius 3 is 2.29 bits per heavy atom. The number of aliphatic hydroxyl groups is 1. The van der Waals surface area contributed by atoms with Crippen molar-refractivity contribution in [3.05, 3.63) is 94.8 Å². The molecular weight excluding hydrogens is 401 g/mol. The standard InChI is InChI=1S/C24H18FNO5/c1-13-12-15(8-11-17(13)25)22(29)20-21(14-6-9-16(27)10-7-14)26(24(31)23(20)30)18-4-2-3-5-19(18)28/h2-12,21,27-29H,1H3/b22-20-. The highest BCUT2D eigenvalue weighted by Gasteiger charge is 2.47. The molecule has 156 valence electrons. The van der Waals surface area contributed by atoms with Crippen molar-refractivity contribution in [3.63, 3.8) is 0 Å². The third kappa shape index (κ3) is 3.40. The summed E-state index contributed by atoms with van der Waals surface area (Å²) in [7, 11) is 0. The van der Waals surface area contributed by atoms with Crippen LogP contribution >= 0.6 is 0 Å². The number of halogens is 1. The molecule has 1 aliphatic heterocycles. The van der Waals surface area contributed by atoms with Crippen molar-refractivity contribution >= 4 is 23.1 Å². The maximum atomic E-state index is 13.7. The molecule has 7 heteroatoms. The summed E-state index contributed by atoms with van der Waals surface area (Å²) in [6.07, 6.45) is 0. The Labute approximate surface area is 177 Å². The topological polar surface area (TPSA) is 98.1 Å². The molecular formula is C24H18FNO5. The van der Waals surface area contributed by atoms with E-state index in [9.17, 15) is 29.3 Å². The molecule has 0 aliphatic carbocycles. The molecule has 0 saturated carbocycles. The molecule has 1 saturated heterocycles. The molecule has 3 N–H and O–H groups in total. The van der Waals surface area contributed by atoms with Gasteiger partial charge in [0.05, 0.1) is 17.3 Å². The van der Waals surface area contributed by atoms with Crippen molar-refractivity contribution in [2.45, 2.75) is 13.0 Å². The third-order valence-electron chi connectivity index (χ3n) is 5.23. The number of aliphatic hydroxyl groups excluding tert-OH is 1. The molecule has 0 radical (unpaired) electrons. The van der Waals surface area contributed by atoms with Gasteiger partial charge >= 0.3 is 0 Å². The molecule has 31 heavy (non-hydrogen) atoms. The number of nitrogens with zero attached hydrogens (tertiary/aromatic N) is 1. The van der Waals surface area contributed by atoms with E-state index in [1.54, 1.807) is 12.1 Å². The lowest BCUT2D eigenvalue weighted by atomic mass is 9.94. The molecule has 0 bridgehead atoms. The number of aromatic hydroxyl groups is 2. The van der Waals surface area contributed by atoms with Crippen molar-refractivity contribution in [1.82, 2.24) is 0 Å². The lowest BCUT2D eigenvalue weighted by Gasteiger charge is -2.26. The van der Waals surface area contributed by atoms with E-state index in [2.05, 4.69) is 0 Å². The maximum absolute atomic E-state index is 13.7. The van der Waals surface area contributed by atoms with Crippen molar-refractivity contribution < 1.29 is 29.3 Å². The molecule has 4 rings (SSSR count). The average molecular weight is 419 g/mol. The van der Waals surface area contributed by atoms with Gasteiger partial charge in [-0.15, -0.1) is 0 Å². The van der Waals surface area contributed by atoms with Crippen LogP contribution in [0.5, 0.6) is 11.5 Å². The third-order valence-corrected chi connectivity index (χ3v) is 5.23. The number of para-hydroxylation sites is 2. The molecule has 1 amide bonds. The number of anilines is 1. The summed E-state index contributed by atoms with van der Waals surface area (Å²) in [5.41, 5.74) is 0.765. The number of rotatable bonds is 3. The minimum Gasteiger partial charge on any atom is -0.508 e. The molecule has 0 aromatic heterocycles. The fraction of sp³-hybridized carbons (Fsp3) is 0.0833. The van der Waals surface area contributed by atoms with Crippen LogP contribution in [0.1, 0.15) is 22.7 Å². The lowest BCUT2D eigenvalue weighted by molar-refractivity contribution is -0.132. The van der Waals surface area contributed by atoms with Crippen LogP contribution in [0, 0.1) is 12.7 Å². The van der Waals surface area contributed by atoms with Gasteiger partial charge in [0.15, 0.2) is 0 Å². The Kier molecular flexibility index (Phi) is 4.94. The fourth-order valence-corrected chi connectivity index (χ4v) is 3.67. The minimum absolute atomic E-state index is 0.0163. The molecule has 1 heterocycles. The van der Waals surface area contributed by atoms with E-state index >= 15 is 0 Å². The van der Waals surface area contributed by atoms with Crippen molar-refractivity contribution in [3.8, 4) is 11.5 Å². The summed E-state index contributed by atoms with van der Waals surface area (Å²) in [6.45, 7) is 1.52. The Balaban J connectivity index is 1.97. The van der Waals surface area contributed by atoms with Gasteiger partial charge in [-0.25, -0.2) is 4.39 Å². The summed E-state index contributed by atoms with van der Waals surface area (Å²) in [6, 6.07) is 14.7. The van der Waals surface area contributed by atoms with Crippen molar-refractivity contribution in [2.24, 2.45) is 0 Å². The van der Waals surface area contributed by atoms with Gasteiger partial charge in [-0.3, -0.25) is 14.5 Å². The second-order valence-corrected chi connectivity index (χ2v) is 7.21. The first-order chi connectivity index (χ1) is 14.8. The molecule has 1 aliphatic rings. The second kappa shape index (κ2) is 7.60. The van der Waals surface area contributed by atoms with Crippen LogP contribution in [-0.4, -0.2) is 27.0 Å². The van der Waals surface area contributed by atoms with E-state index in [4.69, 9.17) is 0 Å². The summed E-state index contributed by atoms with van der Waals surface area (Å²) in [5, 5.41) is 31.0. The summed E-state index contributed by atoms with van der Waals surface area (Å²) >= 11 is 0. The van der Waals surface area contributed by atoms with Gasteiger partial charge in [0, 0.05) is 5.56 Å². The SMILES string of the molecule is Cc1cc(/C(O)=C2/C(=O)C(=O)N(c3ccccc3O)C2c2ccc(O)cc2)ccc1F. The zero-order valence-corrected chi connectivity index (χ0v) is 16.4. The zero-order chi connectivity index (χ0) is 22.3. The number of hydrogen-bond acceptors (Lipinski definition) is 5. The first-order valence-electron chi connectivity index (χ1n) is 9.44. The number of Topliss-reactive ketones (excluding diaryl/α,β-unsaturated/α-hetero) is 1. The monoisotopic (exact) mass is 419 g/mol.